The third-order valence-electron chi connectivity index (χ3n) is 4.87. The maximum atomic E-state index is 12.1. The Bertz CT molecular complexity index is 1090. The third-order valence-corrected chi connectivity index (χ3v) is 5.85. The molecule has 1 aliphatic rings. The average Bonchev–Trinajstić information content (AvgIpc) is 3.16. The Hall–Kier alpha value is -3.18. The third kappa shape index (κ3) is 4.46. The molecule has 0 saturated carbocycles. The molecule has 1 atom stereocenters. The molecule has 8 heteroatoms. The van der Waals surface area contributed by atoms with Crippen molar-refractivity contribution in [2.24, 2.45) is 12.0 Å². The van der Waals surface area contributed by atoms with E-state index >= 15 is 0 Å². The summed E-state index contributed by atoms with van der Waals surface area (Å²) in [4.78, 5) is 8.56. The number of fused-ring (bicyclic) bond motifs is 1. The van der Waals surface area contributed by atoms with Crippen LogP contribution in [0, 0.1) is 11.3 Å². The molecule has 7 nitrogen and oxygen atoms in total. The topological polar surface area (TPSA) is 102 Å². The zero-order valence-corrected chi connectivity index (χ0v) is 16.7. The lowest BCUT2D eigenvalue weighted by molar-refractivity contribution is -0.739. The van der Waals surface area contributed by atoms with Crippen LogP contribution >= 0.6 is 11.8 Å². The molecule has 1 unspecified atom stereocenters. The summed E-state index contributed by atoms with van der Waals surface area (Å²) in [6, 6.07) is 14.6. The van der Waals surface area contributed by atoms with E-state index in [9.17, 15) is 10.4 Å². The fourth-order valence-corrected chi connectivity index (χ4v) is 4.25. The number of aromatic nitrogens is 3. The van der Waals surface area contributed by atoms with Crippen molar-refractivity contribution in [3.8, 4) is 6.07 Å². The van der Waals surface area contributed by atoms with Crippen molar-refractivity contribution in [3.05, 3.63) is 65.0 Å². The van der Waals surface area contributed by atoms with Gasteiger partial charge in [-0.25, -0.2) is 9.98 Å². The Morgan fingerprint density at radius 2 is 2.24 bits per heavy atom. The molecule has 3 aromatic rings. The van der Waals surface area contributed by atoms with Crippen molar-refractivity contribution in [2.45, 2.75) is 30.2 Å². The lowest BCUT2D eigenvalue weighted by Crippen LogP contribution is -2.27. The first-order chi connectivity index (χ1) is 14.1. The monoisotopic (exact) mass is 405 g/mol. The fourth-order valence-electron chi connectivity index (χ4n) is 3.49. The molecule has 0 N–H and O–H groups in total. The number of aliphatic imine (C=N–C) groups is 1. The molecule has 29 heavy (non-hydrogen) atoms. The minimum atomic E-state index is -0.362. The number of hydrogen-bond acceptors (Lipinski definition) is 7. The normalized spacial score (nSPS) is 16.3. The van der Waals surface area contributed by atoms with E-state index in [4.69, 9.17) is 9.51 Å². The highest BCUT2D eigenvalue weighted by Gasteiger charge is 2.23. The van der Waals surface area contributed by atoms with Gasteiger partial charge in [-0.3, -0.25) is 4.52 Å². The molecule has 4 rings (SSSR count). The van der Waals surface area contributed by atoms with Gasteiger partial charge in [0.05, 0.1) is 5.56 Å². The zero-order chi connectivity index (χ0) is 20.2. The number of nitrogens with zero attached hydrogens (tertiary/aromatic N) is 5. The second kappa shape index (κ2) is 8.45. The molecule has 0 aliphatic heterocycles. The van der Waals surface area contributed by atoms with Gasteiger partial charge >= 0.3 is 5.88 Å². The molecule has 0 bridgehead atoms. The van der Waals surface area contributed by atoms with Crippen LogP contribution in [0.15, 0.2) is 57.1 Å². The summed E-state index contributed by atoms with van der Waals surface area (Å²) >= 11 is 1.23. The van der Waals surface area contributed by atoms with Gasteiger partial charge in [-0.2, -0.15) is 5.26 Å². The molecule has 0 spiro atoms. The van der Waals surface area contributed by atoms with Crippen LogP contribution in [0.5, 0.6) is 0 Å². The number of aryl methyl sites for hydroxylation is 2. The highest BCUT2D eigenvalue weighted by molar-refractivity contribution is 7.99. The molecule has 0 radical (unpaired) electrons. The standard InChI is InChI=1S/C21H19N5O2S/c1-26-12-20(28-25-26)24-19(27)13-29-21-17(11-22)10-16-9-15(7-8-18(16)23-21)14-5-3-2-4-6-14/h2-6,10,12,15H,7-9,13H2,1H3. The van der Waals surface area contributed by atoms with Crippen LogP contribution in [0.3, 0.4) is 0 Å². The molecule has 0 saturated heterocycles. The van der Waals surface area contributed by atoms with Crippen LogP contribution in [-0.4, -0.2) is 21.9 Å². The van der Waals surface area contributed by atoms with Gasteiger partial charge in [0.15, 0.2) is 12.3 Å². The molecule has 2 heterocycles. The van der Waals surface area contributed by atoms with E-state index in [2.05, 4.69) is 40.6 Å². The molecule has 1 aliphatic carbocycles. The summed E-state index contributed by atoms with van der Waals surface area (Å²) in [6.45, 7) is 0. The zero-order valence-electron chi connectivity index (χ0n) is 15.9. The predicted molar refractivity (Wildman–Crippen MR) is 106 cm³/mol. The van der Waals surface area contributed by atoms with Crippen molar-refractivity contribution in [1.29, 1.82) is 5.26 Å². The number of nitriles is 1. The lowest BCUT2D eigenvalue weighted by Gasteiger charge is -2.25. The van der Waals surface area contributed by atoms with Crippen LogP contribution in [0.25, 0.3) is 0 Å². The summed E-state index contributed by atoms with van der Waals surface area (Å²) in [6.07, 6.45) is 4.28. The first kappa shape index (κ1) is 19.2. The predicted octanol–water partition coefficient (Wildman–Crippen LogP) is 2.22. The first-order valence-electron chi connectivity index (χ1n) is 9.30. The van der Waals surface area contributed by atoms with Gasteiger partial charge in [-0.15, -0.1) is 0 Å². The Morgan fingerprint density at radius 1 is 1.41 bits per heavy atom. The van der Waals surface area contributed by atoms with E-state index in [0.717, 1.165) is 30.5 Å². The van der Waals surface area contributed by atoms with E-state index in [1.54, 1.807) is 7.05 Å². The van der Waals surface area contributed by atoms with Gasteiger partial charge in [0.25, 0.3) is 6.20 Å². The average molecular weight is 405 g/mol. The van der Waals surface area contributed by atoms with Gasteiger partial charge in [-0.1, -0.05) is 46.8 Å². The van der Waals surface area contributed by atoms with Crippen LogP contribution in [0.4, 0.5) is 5.88 Å². The molecule has 1 aromatic carbocycles. The molecule has 0 amide bonds. The van der Waals surface area contributed by atoms with E-state index in [1.807, 2.05) is 12.1 Å². The lowest BCUT2D eigenvalue weighted by atomic mass is 9.82. The molecule has 0 fully saturated rings. The Morgan fingerprint density at radius 3 is 2.97 bits per heavy atom. The number of thioether (sulfide) groups is 1. The van der Waals surface area contributed by atoms with E-state index < -0.39 is 0 Å². The van der Waals surface area contributed by atoms with Crippen LogP contribution in [0.2, 0.25) is 0 Å². The summed E-state index contributed by atoms with van der Waals surface area (Å²) in [5.41, 5.74) is 3.96. The largest absolute Gasteiger partial charge is 0.861 e. The minimum absolute atomic E-state index is 0.0809. The fraction of sp³-hybridized carbons (Fsp3) is 0.286. The van der Waals surface area contributed by atoms with Gasteiger partial charge in [0.2, 0.25) is 0 Å². The molecular formula is C21H19N5O2S. The summed E-state index contributed by atoms with van der Waals surface area (Å²) < 4.78 is 6.33. The minimum Gasteiger partial charge on any atom is -0.861 e. The van der Waals surface area contributed by atoms with Gasteiger partial charge < -0.3 is 5.11 Å². The number of rotatable bonds is 5. The maximum Gasteiger partial charge on any atom is 0.320 e. The van der Waals surface area contributed by atoms with Gasteiger partial charge in [0, 0.05) is 11.4 Å². The number of hydrogen-bond donors (Lipinski definition) is 0. The first-order valence-corrected chi connectivity index (χ1v) is 10.3. The second-order valence-corrected chi connectivity index (χ2v) is 7.88. The van der Waals surface area contributed by atoms with Crippen LogP contribution < -0.4 is 9.79 Å². The Labute approximate surface area is 172 Å². The Kier molecular flexibility index (Phi) is 5.58. The van der Waals surface area contributed by atoms with Crippen molar-refractivity contribution in [2.75, 3.05) is 5.75 Å². The van der Waals surface area contributed by atoms with Crippen LogP contribution in [-0.2, 0) is 19.9 Å². The molecule has 2 aromatic heterocycles. The summed E-state index contributed by atoms with van der Waals surface area (Å²) in [5, 5.41) is 25.9. The summed E-state index contributed by atoms with van der Waals surface area (Å²) in [7, 11) is 1.68. The highest BCUT2D eigenvalue weighted by atomic mass is 32.2. The Balaban J connectivity index is 1.50. The van der Waals surface area contributed by atoms with Gasteiger partial charge in [-0.05, 0) is 48.3 Å². The molecular weight excluding hydrogens is 386 g/mol. The number of benzene rings is 1. The SMILES string of the molecule is C[n+]1cc(/N=C(\[O-])CSc2nc3c(cc2C#N)CC(c2ccccc2)CC3)on1. The molecule has 146 valence electrons. The van der Waals surface area contributed by atoms with Crippen molar-refractivity contribution in [1.82, 2.24) is 10.3 Å². The number of pyridine rings is 1. The maximum absolute atomic E-state index is 12.1. The van der Waals surface area contributed by atoms with E-state index in [0.29, 0.717) is 16.5 Å². The van der Waals surface area contributed by atoms with E-state index in [1.165, 1.54) is 28.2 Å². The van der Waals surface area contributed by atoms with Crippen molar-refractivity contribution < 1.29 is 14.3 Å². The van der Waals surface area contributed by atoms with Crippen molar-refractivity contribution >= 4 is 23.5 Å². The van der Waals surface area contributed by atoms with E-state index in [-0.39, 0.29) is 17.5 Å². The second-order valence-electron chi connectivity index (χ2n) is 6.92. The smallest absolute Gasteiger partial charge is 0.320 e. The van der Waals surface area contributed by atoms with Gasteiger partial charge in [0.1, 0.15) is 11.1 Å². The highest BCUT2D eigenvalue weighted by Crippen LogP contribution is 2.34. The quantitative estimate of drug-likeness (QED) is 0.279. The van der Waals surface area contributed by atoms with Crippen molar-refractivity contribution in [3.63, 3.8) is 0 Å². The summed E-state index contributed by atoms with van der Waals surface area (Å²) in [5.74, 6) is 0.319. The van der Waals surface area contributed by atoms with Crippen LogP contribution in [0.1, 0.15) is 34.7 Å².